The van der Waals surface area contributed by atoms with E-state index in [1.807, 2.05) is 0 Å². The number of hydrogen-bond acceptors (Lipinski definition) is 17. The Morgan fingerprint density at radius 1 is 1.38 bits per heavy atom. The topological polar surface area (TPSA) is 238 Å². The molecule has 5 rings (SSSR count). The second-order valence-electron chi connectivity index (χ2n) is 8.19. The fourth-order valence-electron chi connectivity index (χ4n) is 3.84. The average Bonchev–Trinajstić information content (AvgIpc) is 3.66. The summed E-state index contributed by atoms with van der Waals surface area (Å²) in [5.74, 6) is -2.54. The first-order valence-corrected chi connectivity index (χ1v) is 15.1. The molecule has 0 saturated carbocycles. The quantitative estimate of drug-likeness (QED) is 0.0868. The summed E-state index contributed by atoms with van der Waals surface area (Å²) in [7, 11) is 1.31. The number of hydrogen-bond donors (Lipinski definition) is 3. The first-order chi connectivity index (χ1) is 20.2. The molecule has 42 heavy (non-hydrogen) atoms. The highest BCUT2D eigenvalue weighted by Crippen LogP contribution is 2.41. The number of ether oxygens (including phenoxy) is 1. The molecule has 21 heteroatoms. The van der Waals surface area contributed by atoms with E-state index in [0.29, 0.717) is 21.4 Å². The molecule has 1 aromatic carbocycles. The third kappa shape index (κ3) is 5.84. The van der Waals surface area contributed by atoms with Gasteiger partial charge in [0.2, 0.25) is 17.3 Å². The van der Waals surface area contributed by atoms with Gasteiger partial charge in [0.15, 0.2) is 15.2 Å². The molecule has 4 N–H and O–H groups in total. The predicted molar refractivity (Wildman–Crippen MR) is 151 cm³/mol. The summed E-state index contributed by atoms with van der Waals surface area (Å²) >= 11 is 4.69. The molecule has 1 fully saturated rings. The van der Waals surface area contributed by atoms with Gasteiger partial charge in [0.05, 0.1) is 18.1 Å². The minimum atomic E-state index is -1.27. The molecule has 2 aliphatic rings. The van der Waals surface area contributed by atoms with Crippen LogP contribution < -0.4 is 20.6 Å². The molecule has 2 amide bonds. The van der Waals surface area contributed by atoms with Crippen LogP contribution in [0.3, 0.4) is 0 Å². The second-order valence-corrected chi connectivity index (χ2v) is 12.1. The number of nitrogens with one attached hydrogen (secondary N) is 1. The summed E-state index contributed by atoms with van der Waals surface area (Å²) in [5, 5.41) is 34.4. The third-order valence-corrected chi connectivity index (χ3v) is 9.54. The number of anilines is 1. The molecule has 2 atom stereocenters. The minimum Gasteiger partial charge on any atom is -0.493 e. The number of nitrogen functional groups attached to an aromatic ring is 1. The van der Waals surface area contributed by atoms with Crippen molar-refractivity contribution in [2.24, 2.45) is 5.16 Å². The molecular weight excluding hydrogens is 635 g/mol. The molecule has 2 aliphatic heterocycles. The lowest BCUT2D eigenvalue weighted by Gasteiger charge is -2.49. The van der Waals surface area contributed by atoms with Crippen molar-refractivity contribution in [3.8, 4) is 11.5 Å². The van der Waals surface area contributed by atoms with Crippen LogP contribution in [-0.4, -0.2) is 88.0 Å². The molecule has 2 aromatic heterocycles. The number of benzene rings is 1. The van der Waals surface area contributed by atoms with Crippen molar-refractivity contribution in [2.45, 2.75) is 15.8 Å². The number of carboxylic acid groups (broad SMARTS) is 1. The first kappa shape index (κ1) is 29.2. The average molecular weight is 652 g/mol. The monoisotopic (exact) mass is 651 g/mol. The van der Waals surface area contributed by atoms with E-state index in [2.05, 4.69) is 30.0 Å². The first-order valence-electron chi connectivity index (χ1n) is 11.4. The van der Waals surface area contributed by atoms with Gasteiger partial charge in [-0.25, -0.2) is 4.79 Å². The Hall–Kier alpha value is -4.34. The summed E-state index contributed by atoms with van der Waals surface area (Å²) in [6.07, 6.45) is 0. The number of methoxy groups -OCH3 is 1. The fourth-order valence-corrected chi connectivity index (χ4v) is 7.25. The summed E-state index contributed by atoms with van der Waals surface area (Å²) in [6, 6.07) is 2.44. The van der Waals surface area contributed by atoms with Crippen molar-refractivity contribution in [3.05, 3.63) is 50.9 Å². The number of rotatable bonds is 11. The van der Waals surface area contributed by atoms with Crippen LogP contribution in [0.2, 0.25) is 0 Å². The number of aliphatic carboxylic acids is 1. The van der Waals surface area contributed by atoms with Crippen LogP contribution in [0, 0.1) is 10.1 Å². The van der Waals surface area contributed by atoms with Crippen molar-refractivity contribution in [1.82, 2.24) is 29.8 Å². The van der Waals surface area contributed by atoms with Gasteiger partial charge in [0, 0.05) is 29.1 Å². The van der Waals surface area contributed by atoms with Crippen LogP contribution in [0.25, 0.3) is 0 Å². The van der Waals surface area contributed by atoms with Crippen molar-refractivity contribution in [3.63, 3.8) is 0 Å². The van der Waals surface area contributed by atoms with E-state index >= 15 is 0 Å². The van der Waals surface area contributed by atoms with E-state index in [0.717, 1.165) is 22.5 Å². The Morgan fingerprint density at radius 3 is 2.83 bits per heavy atom. The number of carbonyl (C=O) groups is 3. The summed E-state index contributed by atoms with van der Waals surface area (Å²) in [5.41, 5.74) is 6.82. The SMILES string of the molecule is COc1ccc([N+](=O)[O-])cc1O/N=C(/C(=O)NC1C(=O)N2C(C(=O)O)=C(CSc3nncs3)CSC12)c1nsc(N)n1. The Bertz CT molecular complexity index is 1630. The van der Waals surface area contributed by atoms with Gasteiger partial charge in [0.1, 0.15) is 22.6 Å². The number of nitro groups is 1. The molecule has 0 aliphatic carbocycles. The van der Waals surface area contributed by atoms with E-state index < -0.39 is 39.8 Å². The summed E-state index contributed by atoms with van der Waals surface area (Å²) in [4.78, 5) is 59.6. The van der Waals surface area contributed by atoms with Gasteiger partial charge in [-0.05, 0) is 11.6 Å². The zero-order chi connectivity index (χ0) is 30.0. The normalized spacial score (nSPS) is 18.3. The van der Waals surface area contributed by atoms with Gasteiger partial charge in [-0.15, -0.1) is 22.0 Å². The number of carbonyl (C=O) groups excluding carboxylic acids is 2. The van der Waals surface area contributed by atoms with Crippen LogP contribution >= 0.6 is 46.4 Å². The molecule has 218 valence electrons. The van der Waals surface area contributed by atoms with Crippen LogP contribution in [0.15, 0.2) is 44.5 Å². The minimum absolute atomic E-state index is 0.0160. The van der Waals surface area contributed by atoms with E-state index in [1.165, 1.54) is 54.1 Å². The lowest BCUT2D eigenvalue weighted by molar-refractivity contribution is -0.385. The van der Waals surface area contributed by atoms with Crippen LogP contribution in [0.1, 0.15) is 5.82 Å². The largest absolute Gasteiger partial charge is 0.493 e. The van der Waals surface area contributed by atoms with Gasteiger partial charge in [-0.3, -0.25) is 24.6 Å². The number of nitro benzene ring substituents is 1. The lowest BCUT2D eigenvalue weighted by atomic mass is 10.0. The third-order valence-electron chi connectivity index (χ3n) is 5.71. The highest BCUT2D eigenvalue weighted by atomic mass is 32.2. The van der Waals surface area contributed by atoms with Crippen LogP contribution in [0.4, 0.5) is 10.8 Å². The van der Waals surface area contributed by atoms with Gasteiger partial charge in [0.25, 0.3) is 17.5 Å². The number of nitrogens with zero attached hydrogens (tertiary/aromatic N) is 7. The molecule has 3 aromatic rings. The predicted octanol–water partition coefficient (Wildman–Crippen LogP) is 1.20. The second kappa shape index (κ2) is 12.3. The highest BCUT2D eigenvalue weighted by Gasteiger charge is 2.54. The van der Waals surface area contributed by atoms with E-state index in [4.69, 9.17) is 15.3 Å². The van der Waals surface area contributed by atoms with Crippen LogP contribution in [-0.2, 0) is 14.4 Å². The maximum atomic E-state index is 13.3. The van der Waals surface area contributed by atoms with Crippen molar-refractivity contribution < 1.29 is 34.0 Å². The van der Waals surface area contributed by atoms with Gasteiger partial charge >= 0.3 is 5.97 Å². The molecule has 0 radical (unpaired) electrons. The number of non-ortho nitro benzene ring substituents is 1. The molecule has 2 unspecified atom stereocenters. The Morgan fingerprint density at radius 2 is 2.19 bits per heavy atom. The van der Waals surface area contributed by atoms with Gasteiger partial charge < -0.3 is 25.7 Å². The van der Waals surface area contributed by atoms with E-state index in [1.54, 1.807) is 5.51 Å². The maximum absolute atomic E-state index is 13.3. The summed E-state index contributed by atoms with van der Waals surface area (Å²) in [6.45, 7) is 0. The number of thioether (sulfide) groups is 2. The number of amides is 2. The number of carboxylic acids is 1. The molecular formula is C21H17N9O8S4. The number of aromatic nitrogens is 4. The van der Waals surface area contributed by atoms with E-state index in [-0.39, 0.29) is 33.8 Å². The Labute approximate surface area is 251 Å². The molecule has 17 nitrogen and oxygen atoms in total. The van der Waals surface area contributed by atoms with E-state index in [9.17, 15) is 29.6 Å². The highest BCUT2D eigenvalue weighted by molar-refractivity contribution is 8.01. The van der Waals surface area contributed by atoms with Gasteiger partial charge in [-0.1, -0.05) is 28.3 Å². The zero-order valence-corrected chi connectivity index (χ0v) is 24.3. The smallest absolute Gasteiger partial charge is 0.352 e. The Balaban J connectivity index is 1.36. The number of β-lactam (4-membered cyclic amide) rings is 1. The fraction of sp³-hybridized carbons (Fsp3) is 0.238. The Kier molecular flexibility index (Phi) is 8.51. The van der Waals surface area contributed by atoms with Gasteiger partial charge in [-0.2, -0.15) is 9.36 Å². The molecule has 0 spiro atoms. The number of nitrogens with two attached hydrogens (primary N) is 1. The van der Waals surface area contributed by atoms with Crippen LogP contribution in [0.5, 0.6) is 11.5 Å². The number of fused-ring (bicyclic) bond motifs is 1. The number of oxime groups is 1. The molecule has 1 saturated heterocycles. The maximum Gasteiger partial charge on any atom is 0.352 e. The summed E-state index contributed by atoms with van der Waals surface area (Å²) < 4.78 is 9.78. The van der Waals surface area contributed by atoms with Crippen molar-refractivity contribution in [2.75, 3.05) is 24.3 Å². The standard InChI is InChI=1S/C21H17N9O8S4/c1-37-10-3-2-9(30(35)36)4-11(10)38-27-12(15-25-20(22)42-28-15)16(31)24-13-17(32)29-14(19(33)34)8(5-39-18(13)29)6-40-21-26-23-7-41-21/h2-4,7,13,18H,5-6H2,1H3,(H,24,31)(H,33,34)(H2,22,25,28)/b27-12+. The van der Waals surface area contributed by atoms with Crippen molar-refractivity contribution >= 4 is 80.7 Å². The lowest BCUT2D eigenvalue weighted by Crippen LogP contribution is -2.71. The molecule has 4 heterocycles. The molecule has 0 bridgehead atoms. The zero-order valence-electron chi connectivity index (χ0n) is 21.0. The van der Waals surface area contributed by atoms with Crippen molar-refractivity contribution in [1.29, 1.82) is 0 Å².